The molecule has 2 heterocycles. The van der Waals surface area contributed by atoms with Crippen molar-refractivity contribution in [3.63, 3.8) is 0 Å². The summed E-state index contributed by atoms with van der Waals surface area (Å²) < 4.78 is 6.13. The van der Waals surface area contributed by atoms with Crippen molar-refractivity contribution >= 4 is 18.3 Å². The highest BCUT2D eigenvalue weighted by molar-refractivity contribution is 5.85. The standard InChI is InChI=1S/C16H28N2O2.ClH/c1-2-15(20-14-6-4-3-5-7-14)16(19)18-10-12-8-17-9-13(12)11-18;/h12-15,17H,2-11H2,1H3;1H/t12-,13+,15?;. The highest BCUT2D eigenvalue weighted by Gasteiger charge is 2.40. The van der Waals surface area contributed by atoms with Gasteiger partial charge in [-0.15, -0.1) is 12.4 Å². The van der Waals surface area contributed by atoms with Gasteiger partial charge < -0.3 is 15.0 Å². The lowest BCUT2D eigenvalue weighted by Crippen LogP contribution is -2.42. The monoisotopic (exact) mass is 316 g/mol. The van der Waals surface area contributed by atoms with Crippen LogP contribution in [0.25, 0.3) is 0 Å². The number of ether oxygens (including phenoxy) is 1. The zero-order valence-corrected chi connectivity index (χ0v) is 13.9. The predicted molar refractivity (Wildman–Crippen MR) is 85.7 cm³/mol. The molecular formula is C16H29ClN2O2. The lowest BCUT2D eigenvalue weighted by atomic mass is 9.97. The molecule has 2 saturated heterocycles. The van der Waals surface area contributed by atoms with Crippen LogP contribution in [0.3, 0.4) is 0 Å². The van der Waals surface area contributed by atoms with E-state index in [9.17, 15) is 4.79 Å². The van der Waals surface area contributed by atoms with E-state index in [4.69, 9.17) is 4.74 Å². The summed E-state index contributed by atoms with van der Waals surface area (Å²) in [6, 6.07) is 0. The second-order valence-electron chi connectivity index (χ2n) is 6.71. The molecule has 1 unspecified atom stereocenters. The third kappa shape index (κ3) is 3.91. The van der Waals surface area contributed by atoms with Crippen LogP contribution in [0, 0.1) is 11.8 Å². The van der Waals surface area contributed by atoms with Crippen molar-refractivity contribution in [2.75, 3.05) is 26.2 Å². The van der Waals surface area contributed by atoms with Crippen molar-refractivity contribution in [2.45, 2.75) is 57.7 Å². The Balaban J connectivity index is 0.00000161. The highest BCUT2D eigenvalue weighted by atomic mass is 35.5. The van der Waals surface area contributed by atoms with Crippen LogP contribution in [0.1, 0.15) is 45.4 Å². The lowest BCUT2D eigenvalue weighted by Gasteiger charge is -2.29. The van der Waals surface area contributed by atoms with E-state index in [1.807, 2.05) is 0 Å². The molecule has 3 rings (SSSR count). The van der Waals surface area contributed by atoms with Crippen molar-refractivity contribution in [2.24, 2.45) is 11.8 Å². The van der Waals surface area contributed by atoms with Crippen molar-refractivity contribution in [3.05, 3.63) is 0 Å². The van der Waals surface area contributed by atoms with Crippen LogP contribution < -0.4 is 5.32 Å². The van der Waals surface area contributed by atoms with Gasteiger partial charge in [-0.2, -0.15) is 0 Å². The first-order valence-corrected chi connectivity index (χ1v) is 8.43. The van der Waals surface area contributed by atoms with Crippen LogP contribution in [0.4, 0.5) is 0 Å². The van der Waals surface area contributed by atoms with Gasteiger partial charge in [-0.3, -0.25) is 4.79 Å². The maximum Gasteiger partial charge on any atom is 0.251 e. The first-order valence-electron chi connectivity index (χ1n) is 8.43. The van der Waals surface area contributed by atoms with Gasteiger partial charge in [0, 0.05) is 26.2 Å². The molecule has 1 N–H and O–H groups in total. The van der Waals surface area contributed by atoms with E-state index in [0.717, 1.165) is 45.4 Å². The summed E-state index contributed by atoms with van der Waals surface area (Å²) in [4.78, 5) is 14.7. The van der Waals surface area contributed by atoms with Crippen LogP contribution in [-0.2, 0) is 9.53 Å². The summed E-state index contributed by atoms with van der Waals surface area (Å²) in [5, 5.41) is 3.42. The van der Waals surface area contributed by atoms with Crippen molar-refractivity contribution in [1.82, 2.24) is 10.2 Å². The number of nitrogens with zero attached hydrogens (tertiary/aromatic N) is 1. The van der Waals surface area contributed by atoms with Gasteiger partial charge >= 0.3 is 0 Å². The third-order valence-electron chi connectivity index (χ3n) is 5.26. The number of carbonyl (C=O) groups is 1. The molecule has 0 spiro atoms. The molecule has 3 atom stereocenters. The molecule has 21 heavy (non-hydrogen) atoms. The van der Waals surface area contributed by atoms with Crippen molar-refractivity contribution in [1.29, 1.82) is 0 Å². The largest absolute Gasteiger partial charge is 0.365 e. The number of fused-ring (bicyclic) bond motifs is 1. The number of carbonyl (C=O) groups excluding carboxylic acids is 1. The van der Waals surface area contributed by atoms with Gasteiger partial charge in [-0.05, 0) is 31.1 Å². The molecule has 0 aromatic heterocycles. The number of halogens is 1. The van der Waals surface area contributed by atoms with E-state index in [-0.39, 0.29) is 24.4 Å². The average Bonchev–Trinajstić information content (AvgIpc) is 3.06. The maximum absolute atomic E-state index is 12.7. The first kappa shape index (κ1) is 17.0. The molecule has 4 nitrogen and oxygen atoms in total. The Labute approximate surface area is 134 Å². The van der Waals surface area contributed by atoms with Gasteiger partial charge in [0.05, 0.1) is 6.10 Å². The Morgan fingerprint density at radius 1 is 1.19 bits per heavy atom. The van der Waals surface area contributed by atoms with E-state index < -0.39 is 0 Å². The average molecular weight is 317 g/mol. The molecular weight excluding hydrogens is 288 g/mol. The second kappa shape index (κ2) is 7.80. The SMILES string of the molecule is CCC(OC1CCCCC1)C(=O)N1C[C@H]2CNC[C@H]2C1.Cl. The Morgan fingerprint density at radius 3 is 2.38 bits per heavy atom. The summed E-state index contributed by atoms with van der Waals surface area (Å²) in [7, 11) is 0. The molecule has 1 aliphatic carbocycles. The molecule has 0 aromatic rings. The number of hydrogen-bond donors (Lipinski definition) is 1. The number of hydrogen-bond acceptors (Lipinski definition) is 3. The molecule has 0 bridgehead atoms. The van der Waals surface area contributed by atoms with Gasteiger partial charge in [0.1, 0.15) is 6.10 Å². The van der Waals surface area contributed by atoms with E-state index in [2.05, 4.69) is 17.1 Å². The molecule has 5 heteroatoms. The van der Waals surface area contributed by atoms with Gasteiger partial charge in [0.15, 0.2) is 0 Å². The smallest absolute Gasteiger partial charge is 0.251 e. The Kier molecular flexibility index (Phi) is 6.33. The van der Waals surface area contributed by atoms with Crippen LogP contribution in [0.15, 0.2) is 0 Å². The van der Waals surface area contributed by atoms with Crippen LogP contribution in [0.2, 0.25) is 0 Å². The maximum atomic E-state index is 12.7. The molecule has 2 aliphatic heterocycles. The molecule has 0 radical (unpaired) electrons. The molecule has 122 valence electrons. The number of likely N-dealkylation sites (tertiary alicyclic amines) is 1. The summed E-state index contributed by atoms with van der Waals surface area (Å²) in [6.45, 7) is 6.09. The summed E-state index contributed by atoms with van der Waals surface area (Å²) in [6.07, 6.45) is 7.04. The van der Waals surface area contributed by atoms with Crippen LogP contribution >= 0.6 is 12.4 Å². The molecule has 1 saturated carbocycles. The summed E-state index contributed by atoms with van der Waals surface area (Å²) in [5.41, 5.74) is 0. The number of amides is 1. The fourth-order valence-electron chi connectivity index (χ4n) is 4.00. The number of nitrogens with one attached hydrogen (secondary N) is 1. The molecule has 3 fully saturated rings. The van der Waals surface area contributed by atoms with E-state index in [1.54, 1.807) is 0 Å². The van der Waals surface area contributed by atoms with Crippen LogP contribution in [-0.4, -0.2) is 49.2 Å². The fraction of sp³-hybridized carbons (Fsp3) is 0.938. The topological polar surface area (TPSA) is 41.6 Å². The predicted octanol–water partition coefficient (Wildman–Crippen LogP) is 2.21. The Morgan fingerprint density at radius 2 is 1.81 bits per heavy atom. The van der Waals surface area contributed by atoms with E-state index in [1.165, 1.54) is 19.3 Å². The van der Waals surface area contributed by atoms with Gasteiger partial charge in [0.25, 0.3) is 5.91 Å². The minimum atomic E-state index is -0.204. The normalized spacial score (nSPS) is 30.8. The highest BCUT2D eigenvalue weighted by Crippen LogP contribution is 2.28. The van der Waals surface area contributed by atoms with Crippen molar-refractivity contribution in [3.8, 4) is 0 Å². The Hall–Kier alpha value is -0.320. The second-order valence-corrected chi connectivity index (χ2v) is 6.71. The van der Waals surface area contributed by atoms with Crippen molar-refractivity contribution < 1.29 is 9.53 Å². The Bertz CT molecular complexity index is 335. The number of rotatable bonds is 4. The zero-order chi connectivity index (χ0) is 13.9. The first-order chi connectivity index (χ1) is 9.78. The summed E-state index contributed by atoms with van der Waals surface area (Å²) >= 11 is 0. The van der Waals surface area contributed by atoms with Gasteiger partial charge in [-0.1, -0.05) is 26.2 Å². The van der Waals surface area contributed by atoms with E-state index in [0.29, 0.717) is 17.9 Å². The molecule has 1 amide bonds. The zero-order valence-electron chi connectivity index (χ0n) is 13.1. The van der Waals surface area contributed by atoms with E-state index >= 15 is 0 Å². The minimum absolute atomic E-state index is 0. The van der Waals surface area contributed by atoms with Crippen LogP contribution in [0.5, 0.6) is 0 Å². The van der Waals surface area contributed by atoms with Gasteiger partial charge in [0.2, 0.25) is 0 Å². The van der Waals surface area contributed by atoms with Gasteiger partial charge in [-0.25, -0.2) is 0 Å². The fourth-order valence-corrected chi connectivity index (χ4v) is 4.00. The third-order valence-corrected chi connectivity index (χ3v) is 5.26. The summed E-state index contributed by atoms with van der Waals surface area (Å²) in [5.74, 6) is 1.59. The molecule has 3 aliphatic rings. The quantitative estimate of drug-likeness (QED) is 0.864. The molecule has 0 aromatic carbocycles. The lowest BCUT2D eigenvalue weighted by molar-refractivity contribution is -0.148. The minimum Gasteiger partial charge on any atom is -0.365 e.